The topological polar surface area (TPSA) is 35.6 Å². The summed E-state index contributed by atoms with van der Waals surface area (Å²) in [6.07, 6.45) is -4.44. The first-order valence-corrected chi connectivity index (χ1v) is 9.24. The zero-order valence-electron chi connectivity index (χ0n) is 15.5. The van der Waals surface area contributed by atoms with E-state index in [1.165, 1.54) is 12.1 Å². The summed E-state index contributed by atoms with van der Waals surface area (Å²) in [6.45, 7) is 3.04. The molecule has 0 spiro atoms. The Morgan fingerprint density at radius 2 is 1.89 bits per heavy atom. The molecule has 28 heavy (non-hydrogen) atoms. The van der Waals surface area contributed by atoms with Gasteiger partial charge in [0.25, 0.3) is 0 Å². The van der Waals surface area contributed by atoms with E-state index in [2.05, 4.69) is 10.2 Å². The molecule has 1 saturated heterocycles. The van der Waals surface area contributed by atoms with E-state index in [9.17, 15) is 18.0 Å². The molecule has 1 fully saturated rings. The zero-order valence-corrected chi connectivity index (χ0v) is 16.3. The van der Waals surface area contributed by atoms with Gasteiger partial charge in [-0.2, -0.15) is 13.2 Å². The van der Waals surface area contributed by atoms with Gasteiger partial charge in [0.1, 0.15) is 0 Å². The van der Waals surface area contributed by atoms with Gasteiger partial charge in [0.15, 0.2) is 0 Å². The van der Waals surface area contributed by atoms with Crippen LogP contribution in [0.4, 0.5) is 23.7 Å². The van der Waals surface area contributed by atoms with Crippen LogP contribution in [0.2, 0.25) is 5.02 Å². The van der Waals surface area contributed by atoms with Crippen LogP contribution in [0.1, 0.15) is 24.1 Å². The van der Waals surface area contributed by atoms with Gasteiger partial charge in [0, 0.05) is 35.9 Å². The van der Waals surface area contributed by atoms with Crippen molar-refractivity contribution in [1.29, 1.82) is 0 Å². The van der Waals surface area contributed by atoms with Crippen molar-refractivity contribution in [2.45, 2.75) is 25.2 Å². The molecular formula is C20H21ClF3N3O. The minimum absolute atomic E-state index is 0.0763. The van der Waals surface area contributed by atoms with Gasteiger partial charge in [0.2, 0.25) is 0 Å². The van der Waals surface area contributed by atoms with Crippen molar-refractivity contribution in [3.8, 4) is 0 Å². The third-order valence-electron chi connectivity index (χ3n) is 5.13. The van der Waals surface area contributed by atoms with E-state index < -0.39 is 17.8 Å². The van der Waals surface area contributed by atoms with Crippen molar-refractivity contribution in [3.63, 3.8) is 0 Å². The molecule has 8 heteroatoms. The minimum Gasteiger partial charge on any atom is -0.321 e. The average Bonchev–Trinajstić information content (AvgIpc) is 2.59. The molecule has 0 bridgehead atoms. The first kappa shape index (κ1) is 20.5. The summed E-state index contributed by atoms with van der Waals surface area (Å²) in [7, 11) is 1.97. The standard InChI is InChI=1S/C20H21ClF3N3O/c1-13(17-8-3-4-9-18(17)21)26(2)16-11-27(12-16)19(28)25-15-7-5-6-14(10-15)20(22,23)24/h3-10,13,16H,11-12H2,1-2H3,(H,25,28). The molecule has 1 unspecified atom stereocenters. The Morgan fingerprint density at radius 1 is 1.21 bits per heavy atom. The third-order valence-corrected chi connectivity index (χ3v) is 5.48. The summed E-state index contributed by atoms with van der Waals surface area (Å²) in [5.41, 5.74) is 0.347. The first-order valence-electron chi connectivity index (χ1n) is 8.86. The Morgan fingerprint density at radius 3 is 2.54 bits per heavy atom. The van der Waals surface area contributed by atoms with Gasteiger partial charge in [-0.3, -0.25) is 4.90 Å². The molecule has 2 aromatic carbocycles. The van der Waals surface area contributed by atoms with Crippen LogP contribution >= 0.6 is 11.6 Å². The van der Waals surface area contributed by atoms with E-state index >= 15 is 0 Å². The highest BCUT2D eigenvalue weighted by atomic mass is 35.5. The summed E-state index contributed by atoms with van der Waals surface area (Å²) >= 11 is 6.26. The van der Waals surface area contributed by atoms with Gasteiger partial charge in [-0.05, 0) is 43.8 Å². The van der Waals surface area contributed by atoms with E-state index in [0.29, 0.717) is 18.1 Å². The lowest BCUT2D eigenvalue weighted by molar-refractivity contribution is -0.137. The van der Waals surface area contributed by atoms with Gasteiger partial charge in [-0.15, -0.1) is 0 Å². The normalized spacial score (nSPS) is 16.0. The number of urea groups is 1. The second kappa shape index (κ2) is 8.01. The lowest BCUT2D eigenvalue weighted by Gasteiger charge is -2.46. The van der Waals surface area contributed by atoms with E-state index in [0.717, 1.165) is 17.7 Å². The highest BCUT2D eigenvalue weighted by Gasteiger charge is 2.36. The molecule has 3 rings (SSSR count). The van der Waals surface area contributed by atoms with Gasteiger partial charge < -0.3 is 10.2 Å². The Balaban J connectivity index is 1.56. The number of likely N-dealkylation sites (tertiary alicyclic amines) is 1. The molecule has 0 saturated carbocycles. The van der Waals surface area contributed by atoms with Gasteiger partial charge in [-0.25, -0.2) is 4.79 Å². The van der Waals surface area contributed by atoms with Gasteiger partial charge in [-0.1, -0.05) is 35.9 Å². The minimum atomic E-state index is -4.44. The fourth-order valence-corrected chi connectivity index (χ4v) is 3.50. The molecule has 1 aliphatic heterocycles. The van der Waals surface area contributed by atoms with Crippen LogP contribution in [0.15, 0.2) is 48.5 Å². The predicted octanol–water partition coefficient (Wildman–Crippen LogP) is 5.27. The fraction of sp³-hybridized carbons (Fsp3) is 0.350. The Labute approximate surface area is 166 Å². The molecule has 1 heterocycles. The molecule has 1 aliphatic rings. The quantitative estimate of drug-likeness (QED) is 0.744. The molecule has 2 aromatic rings. The maximum Gasteiger partial charge on any atom is 0.416 e. The Hall–Kier alpha value is -2.25. The van der Waals surface area contributed by atoms with E-state index in [-0.39, 0.29) is 17.8 Å². The second-order valence-electron chi connectivity index (χ2n) is 6.93. The van der Waals surface area contributed by atoms with Crippen molar-refractivity contribution >= 4 is 23.3 Å². The number of nitrogens with one attached hydrogen (secondary N) is 1. The number of amides is 2. The van der Waals surface area contributed by atoms with E-state index in [4.69, 9.17) is 11.6 Å². The number of hydrogen-bond acceptors (Lipinski definition) is 2. The van der Waals surface area contributed by atoms with Crippen molar-refractivity contribution < 1.29 is 18.0 Å². The third kappa shape index (κ3) is 4.42. The van der Waals surface area contributed by atoms with Crippen LogP contribution < -0.4 is 5.32 Å². The molecule has 2 amide bonds. The van der Waals surface area contributed by atoms with Crippen molar-refractivity contribution in [1.82, 2.24) is 9.80 Å². The summed E-state index contributed by atoms with van der Waals surface area (Å²) in [5.74, 6) is 0. The number of carbonyl (C=O) groups excluding carboxylic acids is 1. The number of alkyl halides is 3. The van der Waals surface area contributed by atoms with Crippen LogP contribution in [0.3, 0.4) is 0 Å². The van der Waals surface area contributed by atoms with E-state index in [1.54, 1.807) is 4.90 Å². The molecule has 1 atom stereocenters. The fourth-order valence-electron chi connectivity index (χ4n) is 3.20. The molecule has 0 aromatic heterocycles. The number of carbonyl (C=O) groups is 1. The number of hydrogen-bond donors (Lipinski definition) is 1. The molecule has 0 radical (unpaired) electrons. The number of likely N-dealkylation sites (N-methyl/N-ethyl adjacent to an activating group) is 1. The van der Waals surface area contributed by atoms with Crippen LogP contribution in [-0.2, 0) is 6.18 Å². The number of anilines is 1. The van der Waals surface area contributed by atoms with Crippen molar-refractivity contribution in [2.24, 2.45) is 0 Å². The van der Waals surface area contributed by atoms with Gasteiger partial charge in [0.05, 0.1) is 5.56 Å². The number of halogens is 4. The van der Waals surface area contributed by atoms with Crippen LogP contribution in [0.25, 0.3) is 0 Å². The highest BCUT2D eigenvalue weighted by Crippen LogP contribution is 2.32. The summed E-state index contributed by atoms with van der Waals surface area (Å²) in [5, 5.41) is 3.23. The molecule has 150 valence electrons. The SMILES string of the molecule is CC(c1ccccc1Cl)N(C)C1CN(C(=O)Nc2cccc(C(F)(F)F)c2)C1. The second-order valence-corrected chi connectivity index (χ2v) is 7.34. The molecule has 1 N–H and O–H groups in total. The molecule has 4 nitrogen and oxygen atoms in total. The lowest BCUT2D eigenvalue weighted by atomic mass is 10.0. The summed E-state index contributed by atoms with van der Waals surface area (Å²) < 4.78 is 38.4. The summed E-state index contributed by atoms with van der Waals surface area (Å²) in [4.78, 5) is 16.0. The largest absolute Gasteiger partial charge is 0.416 e. The Kier molecular flexibility index (Phi) is 5.86. The maximum absolute atomic E-state index is 12.8. The highest BCUT2D eigenvalue weighted by molar-refractivity contribution is 6.31. The van der Waals surface area contributed by atoms with E-state index in [1.807, 2.05) is 38.2 Å². The monoisotopic (exact) mass is 411 g/mol. The summed E-state index contributed by atoms with van der Waals surface area (Å²) in [6, 6.07) is 12.1. The van der Waals surface area contributed by atoms with Crippen molar-refractivity contribution in [2.75, 3.05) is 25.5 Å². The van der Waals surface area contributed by atoms with Crippen molar-refractivity contribution in [3.05, 3.63) is 64.7 Å². The number of rotatable bonds is 4. The van der Waals surface area contributed by atoms with Crippen LogP contribution in [0, 0.1) is 0 Å². The number of benzene rings is 2. The van der Waals surface area contributed by atoms with Gasteiger partial charge >= 0.3 is 12.2 Å². The molecular weight excluding hydrogens is 391 g/mol. The predicted molar refractivity (Wildman–Crippen MR) is 103 cm³/mol. The molecule has 0 aliphatic carbocycles. The van der Waals surface area contributed by atoms with Crippen LogP contribution in [0.5, 0.6) is 0 Å². The average molecular weight is 412 g/mol. The van der Waals surface area contributed by atoms with Crippen LogP contribution in [-0.4, -0.2) is 42.0 Å². The lowest BCUT2D eigenvalue weighted by Crippen LogP contribution is -2.61. The Bertz CT molecular complexity index is 853. The number of nitrogens with zero attached hydrogens (tertiary/aromatic N) is 2. The smallest absolute Gasteiger partial charge is 0.321 e. The maximum atomic E-state index is 12.8. The zero-order chi connectivity index (χ0) is 20.5. The first-order chi connectivity index (χ1) is 13.2.